The van der Waals surface area contributed by atoms with Crippen LogP contribution in [-0.4, -0.2) is 36.7 Å². The lowest BCUT2D eigenvalue weighted by atomic mass is 9.92. The fraction of sp³-hybridized carbons (Fsp3) is 0.750. The second-order valence-electron chi connectivity index (χ2n) is 4.72. The maximum Gasteiger partial charge on any atom is 0.0834 e. The van der Waals surface area contributed by atoms with E-state index < -0.39 is 0 Å². The maximum atomic E-state index is 6.26. The highest BCUT2D eigenvalue weighted by molar-refractivity contribution is 6.31. The summed E-state index contributed by atoms with van der Waals surface area (Å²) in [4.78, 5) is 0. The zero-order valence-electron chi connectivity index (χ0n) is 11.1. The first-order chi connectivity index (χ1) is 9.27. The quantitative estimate of drug-likeness (QED) is 0.606. The van der Waals surface area contributed by atoms with Crippen LogP contribution in [0.25, 0.3) is 0 Å². The van der Waals surface area contributed by atoms with Gasteiger partial charge in [-0.3, -0.25) is 16.0 Å². The van der Waals surface area contributed by atoms with Gasteiger partial charge in [-0.15, -0.1) is 0 Å². The average molecular weight is 289 g/mol. The SMILES string of the molecule is COCCn1ncc(Cl)c1C(NN)C1CCCOC1. The van der Waals surface area contributed by atoms with E-state index in [-0.39, 0.29) is 6.04 Å². The molecule has 2 rings (SSSR count). The van der Waals surface area contributed by atoms with Gasteiger partial charge in [-0.1, -0.05) is 11.6 Å². The zero-order chi connectivity index (χ0) is 13.7. The van der Waals surface area contributed by atoms with Crippen molar-refractivity contribution in [2.45, 2.75) is 25.4 Å². The molecule has 108 valence electrons. The Balaban J connectivity index is 2.18. The second-order valence-corrected chi connectivity index (χ2v) is 5.12. The second kappa shape index (κ2) is 7.21. The van der Waals surface area contributed by atoms with Gasteiger partial charge in [-0.25, -0.2) is 0 Å². The van der Waals surface area contributed by atoms with Crippen LogP contribution in [0.15, 0.2) is 6.20 Å². The molecule has 0 bridgehead atoms. The summed E-state index contributed by atoms with van der Waals surface area (Å²) in [5, 5.41) is 4.91. The minimum absolute atomic E-state index is 0.0489. The van der Waals surface area contributed by atoms with Crippen LogP contribution in [0.1, 0.15) is 24.6 Å². The Hall–Kier alpha value is -0.660. The van der Waals surface area contributed by atoms with Gasteiger partial charge in [-0.2, -0.15) is 5.10 Å². The monoisotopic (exact) mass is 288 g/mol. The molecule has 2 heterocycles. The summed E-state index contributed by atoms with van der Waals surface area (Å²) in [6.45, 7) is 2.76. The Morgan fingerprint density at radius 2 is 2.58 bits per heavy atom. The third kappa shape index (κ3) is 3.46. The Kier molecular flexibility index (Phi) is 5.59. The highest BCUT2D eigenvalue weighted by atomic mass is 35.5. The molecule has 2 unspecified atom stereocenters. The Morgan fingerprint density at radius 1 is 1.74 bits per heavy atom. The summed E-state index contributed by atoms with van der Waals surface area (Å²) >= 11 is 6.26. The molecule has 3 N–H and O–H groups in total. The summed E-state index contributed by atoms with van der Waals surface area (Å²) in [5.74, 6) is 6.04. The van der Waals surface area contributed by atoms with Crippen LogP contribution in [0, 0.1) is 5.92 Å². The maximum absolute atomic E-state index is 6.26. The average Bonchev–Trinajstić information content (AvgIpc) is 2.80. The number of nitrogens with zero attached hydrogens (tertiary/aromatic N) is 2. The molecule has 1 aliphatic rings. The molecule has 0 spiro atoms. The molecule has 1 aromatic heterocycles. The Bertz CT molecular complexity index is 393. The van der Waals surface area contributed by atoms with Gasteiger partial charge in [0, 0.05) is 19.6 Å². The third-order valence-corrected chi connectivity index (χ3v) is 3.77. The van der Waals surface area contributed by atoms with Crippen molar-refractivity contribution in [1.82, 2.24) is 15.2 Å². The van der Waals surface area contributed by atoms with E-state index in [1.54, 1.807) is 13.3 Å². The van der Waals surface area contributed by atoms with Gasteiger partial charge in [0.2, 0.25) is 0 Å². The molecule has 1 aromatic rings. The number of halogens is 1. The Labute approximate surface area is 118 Å². The van der Waals surface area contributed by atoms with E-state index in [0.29, 0.717) is 30.7 Å². The number of rotatable bonds is 6. The number of methoxy groups -OCH3 is 1. The molecule has 0 amide bonds. The van der Waals surface area contributed by atoms with Crippen LogP contribution in [0.2, 0.25) is 5.02 Å². The fourth-order valence-corrected chi connectivity index (χ4v) is 2.76. The van der Waals surface area contributed by atoms with Crippen molar-refractivity contribution in [3.8, 4) is 0 Å². The van der Waals surface area contributed by atoms with Crippen molar-refractivity contribution in [3.63, 3.8) is 0 Å². The van der Waals surface area contributed by atoms with E-state index in [4.69, 9.17) is 26.9 Å². The molecule has 19 heavy (non-hydrogen) atoms. The molecule has 1 saturated heterocycles. The molecule has 6 nitrogen and oxygen atoms in total. The molecule has 0 saturated carbocycles. The van der Waals surface area contributed by atoms with Gasteiger partial charge in [0.15, 0.2) is 0 Å². The predicted molar refractivity (Wildman–Crippen MR) is 72.7 cm³/mol. The van der Waals surface area contributed by atoms with E-state index in [9.17, 15) is 0 Å². The first-order valence-corrected chi connectivity index (χ1v) is 6.89. The van der Waals surface area contributed by atoms with Crippen LogP contribution >= 0.6 is 11.6 Å². The molecule has 0 aromatic carbocycles. The molecule has 0 radical (unpaired) electrons. The van der Waals surface area contributed by atoms with Crippen molar-refractivity contribution in [1.29, 1.82) is 0 Å². The van der Waals surface area contributed by atoms with Crippen LogP contribution in [0.3, 0.4) is 0 Å². The zero-order valence-corrected chi connectivity index (χ0v) is 11.9. The largest absolute Gasteiger partial charge is 0.383 e. The lowest BCUT2D eigenvalue weighted by Gasteiger charge is -2.30. The summed E-state index contributed by atoms with van der Waals surface area (Å²) in [7, 11) is 1.67. The molecule has 0 aliphatic carbocycles. The summed E-state index contributed by atoms with van der Waals surface area (Å²) < 4.78 is 12.5. The first-order valence-electron chi connectivity index (χ1n) is 6.52. The molecule has 7 heteroatoms. The van der Waals surface area contributed by atoms with Crippen LogP contribution < -0.4 is 11.3 Å². The molecular formula is C12H21ClN4O2. The third-order valence-electron chi connectivity index (χ3n) is 3.48. The van der Waals surface area contributed by atoms with Crippen molar-refractivity contribution < 1.29 is 9.47 Å². The van der Waals surface area contributed by atoms with Gasteiger partial charge in [0.25, 0.3) is 0 Å². The van der Waals surface area contributed by atoms with E-state index in [1.807, 2.05) is 4.68 Å². The smallest absolute Gasteiger partial charge is 0.0834 e. The standard InChI is InChI=1S/C12H21ClN4O2/c1-18-6-4-17-12(10(13)7-15-17)11(16-14)9-3-2-5-19-8-9/h7,9,11,16H,2-6,8,14H2,1H3. The number of nitrogens with one attached hydrogen (secondary N) is 1. The van der Waals surface area contributed by atoms with Gasteiger partial charge < -0.3 is 9.47 Å². The van der Waals surface area contributed by atoms with Crippen molar-refractivity contribution >= 4 is 11.6 Å². The topological polar surface area (TPSA) is 74.3 Å². The summed E-state index contributed by atoms with van der Waals surface area (Å²) in [6.07, 6.45) is 3.77. The number of aromatic nitrogens is 2. The van der Waals surface area contributed by atoms with Crippen molar-refractivity contribution in [2.75, 3.05) is 26.9 Å². The first kappa shape index (κ1) is 14.7. The number of hydrogen-bond acceptors (Lipinski definition) is 5. The number of nitrogens with two attached hydrogens (primary N) is 1. The van der Waals surface area contributed by atoms with E-state index in [0.717, 1.165) is 25.1 Å². The van der Waals surface area contributed by atoms with Crippen LogP contribution in [-0.2, 0) is 16.0 Å². The molecular weight excluding hydrogens is 268 g/mol. The highest BCUT2D eigenvalue weighted by Crippen LogP contribution is 2.32. The van der Waals surface area contributed by atoms with Gasteiger partial charge >= 0.3 is 0 Å². The highest BCUT2D eigenvalue weighted by Gasteiger charge is 2.29. The van der Waals surface area contributed by atoms with Gasteiger partial charge in [0.1, 0.15) is 0 Å². The minimum Gasteiger partial charge on any atom is -0.383 e. The summed E-state index contributed by atoms with van der Waals surface area (Å²) in [6, 6.07) is -0.0489. The van der Waals surface area contributed by atoms with Gasteiger partial charge in [0.05, 0.1) is 42.7 Å². The van der Waals surface area contributed by atoms with E-state index in [1.165, 1.54) is 0 Å². The minimum atomic E-state index is -0.0489. The number of hydrazine groups is 1. The molecule has 2 atom stereocenters. The number of ether oxygens (including phenoxy) is 2. The van der Waals surface area contributed by atoms with Gasteiger partial charge in [-0.05, 0) is 12.8 Å². The molecule has 1 aliphatic heterocycles. The normalized spacial score (nSPS) is 21.5. The lowest BCUT2D eigenvalue weighted by Crippen LogP contribution is -2.38. The lowest BCUT2D eigenvalue weighted by molar-refractivity contribution is 0.0374. The van der Waals surface area contributed by atoms with Crippen LogP contribution in [0.4, 0.5) is 0 Å². The fourth-order valence-electron chi connectivity index (χ4n) is 2.50. The summed E-state index contributed by atoms with van der Waals surface area (Å²) in [5.41, 5.74) is 3.78. The molecule has 1 fully saturated rings. The van der Waals surface area contributed by atoms with Crippen LogP contribution in [0.5, 0.6) is 0 Å². The van der Waals surface area contributed by atoms with Crippen molar-refractivity contribution in [2.24, 2.45) is 11.8 Å². The van der Waals surface area contributed by atoms with Crippen molar-refractivity contribution in [3.05, 3.63) is 16.9 Å². The Morgan fingerprint density at radius 3 is 3.21 bits per heavy atom. The number of hydrogen-bond donors (Lipinski definition) is 2. The van der Waals surface area contributed by atoms with E-state index in [2.05, 4.69) is 10.5 Å². The van der Waals surface area contributed by atoms with E-state index >= 15 is 0 Å². The predicted octanol–water partition coefficient (Wildman–Crippen LogP) is 1.11.